The number of rotatable bonds is 2. The average molecular weight is 197 g/mol. The lowest BCUT2D eigenvalue weighted by Crippen LogP contribution is -2.47. The lowest BCUT2D eigenvalue weighted by molar-refractivity contribution is -0.641. The van der Waals surface area contributed by atoms with Crippen molar-refractivity contribution in [1.29, 1.82) is 0 Å². The van der Waals surface area contributed by atoms with E-state index in [1.54, 1.807) is 4.68 Å². The van der Waals surface area contributed by atoms with E-state index in [0.717, 1.165) is 0 Å². The van der Waals surface area contributed by atoms with E-state index in [1.807, 2.05) is 38.4 Å². The molecular formula is C9H13N2OS+. The third kappa shape index (κ3) is 3.38. The number of hydrogen-bond acceptors (Lipinski definition) is 2. The highest BCUT2D eigenvalue weighted by Crippen LogP contribution is 1.88. The summed E-state index contributed by atoms with van der Waals surface area (Å²) in [5, 5.41) is 0.386. The normalized spacial score (nSPS) is 9.38. The van der Waals surface area contributed by atoms with Crippen LogP contribution in [-0.4, -0.2) is 11.8 Å². The van der Waals surface area contributed by atoms with Crippen molar-refractivity contribution >= 4 is 17.4 Å². The van der Waals surface area contributed by atoms with Gasteiger partial charge in [-0.1, -0.05) is 4.68 Å². The van der Waals surface area contributed by atoms with E-state index in [2.05, 4.69) is 5.43 Å². The van der Waals surface area contributed by atoms with E-state index in [0.29, 0.717) is 11.8 Å². The van der Waals surface area contributed by atoms with Gasteiger partial charge in [-0.3, -0.25) is 0 Å². The summed E-state index contributed by atoms with van der Waals surface area (Å²) in [5.74, 6) is 0. The number of nitrogens with zero attached hydrogens (tertiary/aromatic N) is 1. The van der Waals surface area contributed by atoms with Crippen molar-refractivity contribution in [1.82, 2.24) is 0 Å². The van der Waals surface area contributed by atoms with Crippen LogP contribution in [0.5, 0.6) is 0 Å². The minimum atomic E-state index is 0.386. The Labute approximate surface area is 83.3 Å². The van der Waals surface area contributed by atoms with Crippen LogP contribution in [-0.2, 0) is 4.74 Å². The number of nitrogens with one attached hydrogen (secondary N) is 1. The van der Waals surface area contributed by atoms with Crippen molar-refractivity contribution in [2.45, 2.75) is 13.8 Å². The Hall–Kier alpha value is -1.16. The molecule has 70 valence electrons. The van der Waals surface area contributed by atoms with Crippen LogP contribution in [0.25, 0.3) is 0 Å². The molecule has 0 saturated heterocycles. The van der Waals surface area contributed by atoms with Crippen molar-refractivity contribution in [3.05, 3.63) is 30.1 Å². The molecule has 0 bridgehead atoms. The number of aryl methyl sites for hydroxylation is 1. The molecule has 4 heteroatoms. The maximum absolute atomic E-state index is 5.08. The SMILES string of the molecule is CCOC(=S)N[n+]1ccc(C)cc1. The molecule has 1 aromatic rings. The van der Waals surface area contributed by atoms with Gasteiger partial charge in [-0.15, -0.1) is 5.43 Å². The third-order valence-corrected chi connectivity index (χ3v) is 1.70. The molecule has 0 radical (unpaired) electrons. The van der Waals surface area contributed by atoms with Gasteiger partial charge in [0.05, 0.1) is 6.61 Å². The van der Waals surface area contributed by atoms with E-state index in [4.69, 9.17) is 17.0 Å². The maximum atomic E-state index is 5.08. The predicted molar refractivity (Wildman–Crippen MR) is 55.0 cm³/mol. The Balaban J connectivity index is 2.54. The Bertz CT molecular complexity index is 284. The summed E-state index contributed by atoms with van der Waals surface area (Å²) in [6.45, 7) is 4.51. The molecule has 3 nitrogen and oxygen atoms in total. The zero-order valence-corrected chi connectivity index (χ0v) is 8.60. The summed E-state index contributed by atoms with van der Waals surface area (Å²) in [6.07, 6.45) is 3.78. The van der Waals surface area contributed by atoms with Crippen LogP contribution in [0.2, 0.25) is 0 Å². The van der Waals surface area contributed by atoms with E-state index in [-0.39, 0.29) is 0 Å². The monoisotopic (exact) mass is 197 g/mol. The van der Waals surface area contributed by atoms with Gasteiger partial charge in [-0.2, -0.15) is 0 Å². The van der Waals surface area contributed by atoms with Crippen LogP contribution in [0.15, 0.2) is 24.5 Å². The highest BCUT2D eigenvalue weighted by molar-refractivity contribution is 7.80. The first kappa shape index (κ1) is 9.92. The molecule has 0 aliphatic rings. The summed E-state index contributed by atoms with van der Waals surface area (Å²) in [4.78, 5) is 0. The second kappa shape index (κ2) is 4.77. The molecule has 0 spiro atoms. The van der Waals surface area contributed by atoms with Crippen LogP contribution >= 0.6 is 12.2 Å². The van der Waals surface area contributed by atoms with E-state index < -0.39 is 0 Å². The Kier molecular flexibility index (Phi) is 3.64. The number of ether oxygens (including phenoxy) is 1. The van der Waals surface area contributed by atoms with Gasteiger partial charge in [-0.25, -0.2) is 0 Å². The molecule has 0 aliphatic heterocycles. The molecule has 0 fully saturated rings. The van der Waals surface area contributed by atoms with Crippen LogP contribution < -0.4 is 10.1 Å². The molecule has 1 aromatic heterocycles. The van der Waals surface area contributed by atoms with Gasteiger partial charge in [0.1, 0.15) is 0 Å². The van der Waals surface area contributed by atoms with Crippen molar-refractivity contribution < 1.29 is 9.41 Å². The zero-order chi connectivity index (χ0) is 9.68. The summed E-state index contributed by atoms with van der Waals surface area (Å²) < 4.78 is 6.83. The second-order valence-electron chi connectivity index (χ2n) is 2.62. The van der Waals surface area contributed by atoms with Gasteiger partial charge in [0, 0.05) is 12.1 Å². The molecule has 0 saturated carbocycles. The first-order valence-corrected chi connectivity index (χ1v) is 4.55. The quantitative estimate of drug-likeness (QED) is 0.568. The fraction of sp³-hybridized carbons (Fsp3) is 0.333. The van der Waals surface area contributed by atoms with Crippen molar-refractivity contribution in [2.75, 3.05) is 12.0 Å². The Morgan fingerprint density at radius 3 is 2.69 bits per heavy atom. The molecule has 0 unspecified atom stereocenters. The van der Waals surface area contributed by atoms with Crippen LogP contribution in [0.3, 0.4) is 0 Å². The summed E-state index contributed by atoms with van der Waals surface area (Å²) in [6, 6.07) is 3.98. The topological polar surface area (TPSA) is 25.1 Å². The van der Waals surface area contributed by atoms with Gasteiger partial charge >= 0.3 is 5.17 Å². The van der Waals surface area contributed by atoms with Gasteiger partial charge < -0.3 is 4.74 Å². The maximum Gasteiger partial charge on any atom is 0.312 e. The Morgan fingerprint density at radius 2 is 2.15 bits per heavy atom. The van der Waals surface area contributed by atoms with Crippen LogP contribution in [0, 0.1) is 6.92 Å². The van der Waals surface area contributed by atoms with Gasteiger partial charge in [0.2, 0.25) is 0 Å². The molecule has 1 heterocycles. The standard InChI is InChI=1S/C9H12N2OS/c1-3-12-9(13)10-11-6-4-8(2)5-7-11/h4-7H,3H2,1-2H3/p+1. The minimum Gasteiger partial charge on any atom is -0.468 e. The fourth-order valence-corrected chi connectivity index (χ4v) is 1.07. The van der Waals surface area contributed by atoms with Crippen molar-refractivity contribution in [3.8, 4) is 0 Å². The van der Waals surface area contributed by atoms with Gasteiger partial charge in [0.15, 0.2) is 12.4 Å². The number of pyridine rings is 1. The largest absolute Gasteiger partial charge is 0.468 e. The molecule has 0 atom stereocenters. The van der Waals surface area contributed by atoms with Crippen molar-refractivity contribution in [2.24, 2.45) is 0 Å². The summed E-state index contributed by atoms with van der Waals surface area (Å²) in [7, 11) is 0. The molecule has 1 rings (SSSR count). The number of hydrogen-bond donors (Lipinski definition) is 1. The summed E-state index contributed by atoms with van der Waals surface area (Å²) >= 11 is 4.91. The zero-order valence-electron chi connectivity index (χ0n) is 7.78. The lowest BCUT2D eigenvalue weighted by Gasteiger charge is -2.02. The first-order valence-electron chi connectivity index (χ1n) is 4.14. The molecule has 13 heavy (non-hydrogen) atoms. The number of aromatic nitrogens is 1. The van der Waals surface area contributed by atoms with E-state index >= 15 is 0 Å². The van der Waals surface area contributed by atoms with Gasteiger partial charge in [0.25, 0.3) is 0 Å². The molecule has 0 amide bonds. The fourth-order valence-electron chi connectivity index (χ4n) is 0.844. The molecule has 0 aliphatic carbocycles. The highest BCUT2D eigenvalue weighted by Gasteiger charge is 2.02. The predicted octanol–water partition coefficient (Wildman–Crippen LogP) is 1.15. The van der Waals surface area contributed by atoms with Crippen molar-refractivity contribution in [3.63, 3.8) is 0 Å². The highest BCUT2D eigenvalue weighted by atomic mass is 32.1. The average Bonchev–Trinajstić information content (AvgIpc) is 2.09. The smallest absolute Gasteiger partial charge is 0.312 e. The summed E-state index contributed by atoms with van der Waals surface area (Å²) in [5.41, 5.74) is 4.10. The molecule has 0 aromatic carbocycles. The molecule has 1 N–H and O–H groups in total. The van der Waals surface area contributed by atoms with Gasteiger partial charge in [-0.05, 0) is 31.6 Å². The van der Waals surface area contributed by atoms with E-state index in [1.165, 1.54) is 5.56 Å². The third-order valence-electron chi connectivity index (χ3n) is 1.49. The first-order chi connectivity index (χ1) is 6.22. The minimum absolute atomic E-state index is 0.386. The van der Waals surface area contributed by atoms with Crippen LogP contribution in [0.4, 0.5) is 0 Å². The Morgan fingerprint density at radius 1 is 1.54 bits per heavy atom. The lowest BCUT2D eigenvalue weighted by atomic mass is 10.3. The second-order valence-corrected chi connectivity index (χ2v) is 2.99. The number of thiocarbonyl (C=S) groups is 1. The van der Waals surface area contributed by atoms with E-state index in [9.17, 15) is 0 Å². The van der Waals surface area contributed by atoms with Crippen LogP contribution in [0.1, 0.15) is 12.5 Å². The molecular weight excluding hydrogens is 184 g/mol.